The summed E-state index contributed by atoms with van der Waals surface area (Å²) >= 11 is 0. The Labute approximate surface area is 118 Å². The fraction of sp³-hybridized carbons (Fsp3) is 0.600. The van der Waals surface area contributed by atoms with Gasteiger partial charge in [0.15, 0.2) is 12.6 Å². The summed E-state index contributed by atoms with van der Waals surface area (Å²) in [5.41, 5.74) is 1.09. The number of ether oxygens (including phenoxy) is 4. The molecule has 2 heterocycles. The highest BCUT2D eigenvalue weighted by Crippen LogP contribution is 2.33. The number of hydrogen-bond acceptors (Lipinski definition) is 5. The maximum atomic E-state index is 9.89. The molecule has 110 valence electrons. The number of rotatable bonds is 3. The minimum Gasteiger partial charge on any atom is -0.368 e. The molecule has 5 heteroatoms. The van der Waals surface area contributed by atoms with Gasteiger partial charge in [-0.25, -0.2) is 0 Å². The molecule has 0 amide bonds. The SMILES string of the molecule is CC1OC2C(O)OC(C)C(OCc3ccccc3)C2O1. The van der Waals surface area contributed by atoms with Crippen molar-refractivity contribution in [2.45, 2.75) is 57.5 Å². The topological polar surface area (TPSA) is 57.2 Å². The van der Waals surface area contributed by atoms with Gasteiger partial charge in [0.1, 0.15) is 18.3 Å². The van der Waals surface area contributed by atoms with E-state index in [2.05, 4.69) is 0 Å². The summed E-state index contributed by atoms with van der Waals surface area (Å²) < 4.78 is 22.7. The lowest BCUT2D eigenvalue weighted by molar-refractivity contribution is -0.261. The van der Waals surface area contributed by atoms with Gasteiger partial charge in [-0.05, 0) is 19.4 Å². The van der Waals surface area contributed by atoms with Crippen molar-refractivity contribution in [2.75, 3.05) is 0 Å². The second kappa shape index (κ2) is 5.79. The minimum absolute atomic E-state index is 0.246. The second-order valence-electron chi connectivity index (χ2n) is 5.26. The minimum atomic E-state index is -0.962. The largest absolute Gasteiger partial charge is 0.368 e. The highest BCUT2D eigenvalue weighted by Gasteiger charge is 2.51. The Morgan fingerprint density at radius 3 is 2.50 bits per heavy atom. The van der Waals surface area contributed by atoms with Crippen molar-refractivity contribution < 1.29 is 24.1 Å². The lowest BCUT2D eigenvalue weighted by Crippen LogP contribution is -2.56. The molecule has 3 rings (SSSR count). The van der Waals surface area contributed by atoms with Gasteiger partial charge < -0.3 is 24.1 Å². The summed E-state index contributed by atoms with van der Waals surface area (Å²) in [7, 11) is 0. The lowest BCUT2D eigenvalue weighted by Gasteiger charge is -2.38. The van der Waals surface area contributed by atoms with Crippen LogP contribution in [0.4, 0.5) is 0 Å². The Kier molecular flexibility index (Phi) is 4.05. The Morgan fingerprint density at radius 2 is 1.75 bits per heavy atom. The molecule has 2 aliphatic rings. The summed E-state index contributed by atoms with van der Waals surface area (Å²) in [6.45, 7) is 4.17. The molecule has 0 radical (unpaired) electrons. The first-order valence-electron chi connectivity index (χ1n) is 6.95. The quantitative estimate of drug-likeness (QED) is 0.908. The summed E-state index contributed by atoms with van der Waals surface area (Å²) in [4.78, 5) is 0. The first-order chi connectivity index (χ1) is 9.65. The molecule has 0 aliphatic carbocycles. The maximum absolute atomic E-state index is 9.89. The van der Waals surface area contributed by atoms with Gasteiger partial charge >= 0.3 is 0 Å². The molecule has 2 saturated heterocycles. The summed E-state index contributed by atoms with van der Waals surface area (Å²) in [5.74, 6) is 0. The Bertz CT molecular complexity index is 437. The van der Waals surface area contributed by atoms with Gasteiger partial charge in [0.2, 0.25) is 0 Å². The normalized spacial score (nSPS) is 40.5. The van der Waals surface area contributed by atoms with Crippen molar-refractivity contribution in [1.29, 1.82) is 0 Å². The fourth-order valence-corrected chi connectivity index (χ4v) is 2.76. The van der Waals surface area contributed by atoms with Crippen molar-refractivity contribution in [2.24, 2.45) is 0 Å². The molecule has 0 aromatic heterocycles. The van der Waals surface area contributed by atoms with E-state index in [0.717, 1.165) is 5.56 Å². The molecule has 20 heavy (non-hydrogen) atoms. The van der Waals surface area contributed by atoms with Crippen molar-refractivity contribution in [1.82, 2.24) is 0 Å². The van der Waals surface area contributed by atoms with E-state index >= 15 is 0 Å². The molecular weight excluding hydrogens is 260 g/mol. The van der Waals surface area contributed by atoms with E-state index in [1.807, 2.05) is 44.2 Å². The molecule has 5 nitrogen and oxygen atoms in total. The van der Waals surface area contributed by atoms with E-state index in [1.165, 1.54) is 0 Å². The highest BCUT2D eigenvalue weighted by atomic mass is 16.8. The van der Waals surface area contributed by atoms with Gasteiger partial charge in [-0.2, -0.15) is 0 Å². The van der Waals surface area contributed by atoms with E-state index in [1.54, 1.807) is 0 Å². The van der Waals surface area contributed by atoms with E-state index in [0.29, 0.717) is 6.61 Å². The smallest absolute Gasteiger partial charge is 0.184 e. The summed E-state index contributed by atoms with van der Waals surface area (Å²) in [5, 5.41) is 9.89. The zero-order valence-electron chi connectivity index (χ0n) is 11.6. The Balaban J connectivity index is 1.68. The standard InChI is InChI=1S/C15H20O5/c1-9-12(17-8-11-6-4-3-5-7-11)13-14(15(16)18-9)20-10(2)19-13/h3-7,9-10,12-16H,8H2,1-2H3. The van der Waals surface area contributed by atoms with Crippen LogP contribution < -0.4 is 0 Å². The number of fused-ring (bicyclic) bond motifs is 1. The first-order valence-corrected chi connectivity index (χ1v) is 6.95. The monoisotopic (exact) mass is 280 g/mol. The van der Waals surface area contributed by atoms with Crippen molar-refractivity contribution in [3.8, 4) is 0 Å². The van der Waals surface area contributed by atoms with E-state index in [-0.39, 0.29) is 24.6 Å². The molecule has 0 saturated carbocycles. The van der Waals surface area contributed by atoms with Crippen molar-refractivity contribution in [3.05, 3.63) is 35.9 Å². The summed E-state index contributed by atoms with van der Waals surface area (Å²) in [6.07, 6.45) is -2.60. The van der Waals surface area contributed by atoms with Crippen LogP contribution in [0.3, 0.4) is 0 Å². The van der Waals surface area contributed by atoms with Gasteiger partial charge in [0.05, 0.1) is 12.7 Å². The molecule has 2 fully saturated rings. The van der Waals surface area contributed by atoms with Crippen LogP contribution in [0.5, 0.6) is 0 Å². The fourth-order valence-electron chi connectivity index (χ4n) is 2.76. The second-order valence-corrected chi connectivity index (χ2v) is 5.26. The molecule has 2 aliphatic heterocycles. The van der Waals surface area contributed by atoms with Crippen LogP contribution in [0.25, 0.3) is 0 Å². The van der Waals surface area contributed by atoms with Crippen LogP contribution in [-0.4, -0.2) is 42.1 Å². The molecule has 0 spiro atoms. The third kappa shape index (κ3) is 2.73. The Morgan fingerprint density at radius 1 is 1.05 bits per heavy atom. The van der Waals surface area contributed by atoms with Gasteiger partial charge in [0, 0.05) is 0 Å². The van der Waals surface area contributed by atoms with Gasteiger partial charge in [-0.1, -0.05) is 30.3 Å². The highest BCUT2D eigenvalue weighted by molar-refractivity contribution is 5.13. The zero-order chi connectivity index (χ0) is 14.1. The van der Waals surface area contributed by atoms with Crippen LogP contribution in [0.1, 0.15) is 19.4 Å². The molecule has 1 N–H and O–H groups in total. The van der Waals surface area contributed by atoms with Crippen LogP contribution in [0.2, 0.25) is 0 Å². The van der Waals surface area contributed by atoms with Crippen LogP contribution in [-0.2, 0) is 25.6 Å². The lowest BCUT2D eigenvalue weighted by atomic mass is 10.00. The molecule has 0 bridgehead atoms. The number of aliphatic hydroxyl groups excluding tert-OH is 1. The Hall–Kier alpha value is -0.980. The number of hydrogen-bond donors (Lipinski definition) is 1. The van der Waals surface area contributed by atoms with Gasteiger partial charge in [0.25, 0.3) is 0 Å². The molecule has 1 aromatic carbocycles. The van der Waals surface area contributed by atoms with E-state index < -0.39 is 12.4 Å². The first kappa shape index (κ1) is 14.0. The number of aliphatic hydroxyl groups is 1. The van der Waals surface area contributed by atoms with Crippen molar-refractivity contribution in [3.63, 3.8) is 0 Å². The summed E-state index contributed by atoms with van der Waals surface area (Å²) in [6, 6.07) is 9.94. The molecule has 6 unspecified atom stereocenters. The third-order valence-electron chi connectivity index (χ3n) is 3.73. The predicted octanol–water partition coefficient (Wildman–Crippen LogP) is 1.44. The predicted molar refractivity (Wildman–Crippen MR) is 70.8 cm³/mol. The van der Waals surface area contributed by atoms with Gasteiger partial charge in [-0.3, -0.25) is 0 Å². The molecular formula is C15H20O5. The number of benzene rings is 1. The zero-order valence-corrected chi connectivity index (χ0v) is 11.6. The molecule has 1 aromatic rings. The average molecular weight is 280 g/mol. The van der Waals surface area contributed by atoms with Gasteiger partial charge in [-0.15, -0.1) is 0 Å². The van der Waals surface area contributed by atoms with E-state index in [4.69, 9.17) is 18.9 Å². The van der Waals surface area contributed by atoms with Crippen LogP contribution in [0, 0.1) is 0 Å². The maximum Gasteiger partial charge on any atom is 0.184 e. The molecule has 6 atom stereocenters. The van der Waals surface area contributed by atoms with Crippen LogP contribution in [0.15, 0.2) is 30.3 Å². The third-order valence-corrected chi connectivity index (χ3v) is 3.73. The van der Waals surface area contributed by atoms with Crippen molar-refractivity contribution >= 4 is 0 Å². The van der Waals surface area contributed by atoms with E-state index in [9.17, 15) is 5.11 Å². The average Bonchev–Trinajstić information content (AvgIpc) is 2.82. The van der Waals surface area contributed by atoms with Crippen LogP contribution >= 0.6 is 0 Å².